The number of amides is 1. The highest BCUT2D eigenvalue weighted by molar-refractivity contribution is 6.30. The van der Waals surface area contributed by atoms with E-state index in [1.54, 1.807) is 0 Å². The average molecular weight is 367 g/mol. The van der Waals surface area contributed by atoms with Gasteiger partial charge in [0.1, 0.15) is 5.66 Å². The molecule has 4 rings (SSSR count). The van der Waals surface area contributed by atoms with Crippen LogP contribution >= 0.6 is 11.6 Å². The van der Waals surface area contributed by atoms with Crippen LogP contribution in [0.1, 0.15) is 37.0 Å². The van der Waals surface area contributed by atoms with Gasteiger partial charge in [-0.3, -0.25) is 4.79 Å². The number of hydrogen-bond acceptors (Lipinski definition) is 2. The number of carbonyl (C=O) groups is 1. The third-order valence-electron chi connectivity index (χ3n) is 5.75. The van der Waals surface area contributed by atoms with E-state index >= 15 is 0 Å². The Morgan fingerprint density at radius 2 is 2.00 bits per heavy atom. The molecule has 3 nitrogen and oxygen atoms in total. The first-order valence-corrected chi connectivity index (χ1v) is 9.36. The summed E-state index contributed by atoms with van der Waals surface area (Å²) in [6.07, 6.45) is 4.70. The van der Waals surface area contributed by atoms with Crippen LogP contribution in [-0.2, 0) is 10.2 Å². The molecule has 1 N–H and O–H groups in total. The Morgan fingerprint density at radius 1 is 1.19 bits per heavy atom. The van der Waals surface area contributed by atoms with Gasteiger partial charge < -0.3 is 10.2 Å². The summed E-state index contributed by atoms with van der Waals surface area (Å²) in [6, 6.07) is 14.3. The summed E-state index contributed by atoms with van der Waals surface area (Å²) in [4.78, 5) is 14.7. The van der Waals surface area contributed by atoms with Crippen molar-refractivity contribution in [2.75, 3.05) is 11.4 Å². The van der Waals surface area contributed by atoms with Crippen LogP contribution in [0.2, 0.25) is 5.02 Å². The lowest BCUT2D eigenvalue weighted by Gasteiger charge is -2.49. The molecule has 0 spiro atoms. The van der Waals surface area contributed by atoms with Crippen LogP contribution in [0, 0.1) is 6.92 Å². The number of carbonyl (C=O) groups excluding carboxylic acids is 1. The van der Waals surface area contributed by atoms with Crippen LogP contribution in [0.4, 0.5) is 5.69 Å². The van der Waals surface area contributed by atoms with E-state index in [9.17, 15) is 4.79 Å². The normalized spacial score (nSPS) is 23.7. The largest absolute Gasteiger partial charge is 0.344 e. The number of halogens is 1. The monoisotopic (exact) mass is 366 g/mol. The van der Waals surface area contributed by atoms with Gasteiger partial charge in [0, 0.05) is 29.1 Å². The molecule has 2 aliphatic rings. The summed E-state index contributed by atoms with van der Waals surface area (Å²) >= 11 is 6.13. The maximum Gasteiger partial charge on any atom is 0.223 e. The zero-order valence-electron chi connectivity index (χ0n) is 15.3. The number of nitrogens with zero attached hydrogens (tertiary/aromatic N) is 1. The predicted octanol–water partition coefficient (Wildman–Crippen LogP) is 4.68. The van der Waals surface area contributed by atoms with Crippen LogP contribution in [0.3, 0.4) is 0 Å². The topological polar surface area (TPSA) is 32.3 Å². The third-order valence-corrected chi connectivity index (χ3v) is 5.99. The summed E-state index contributed by atoms with van der Waals surface area (Å²) in [5.74, 6) is 0.0922. The highest BCUT2D eigenvalue weighted by Gasteiger charge is 2.57. The fraction of sp³-hybridized carbons (Fsp3) is 0.318. The van der Waals surface area contributed by atoms with Gasteiger partial charge in [-0.15, -0.1) is 0 Å². The van der Waals surface area contributed by atoms with Gasteiger partial charge in [0.25, 0.3) is 0 Å². The van der Waals surface area contributed by atoms with Crippen molar-refractivity contribution < 1.29 is 4.79 Å². The quantitative estimate of drug-likeness (QED) is 0.837. The summed E-state index contributed by atoms with van der Waals surface area (Å²) in [7, 11) is 0. The zero-order chi connectivity index (χ0) is 18.5. The third kappa shape index (κ3) is 2.45. The van der Waals surface area contributed by atoms with E-state index in [2.05, 4.69) is 61.3 Å². The standard InChI is InChI=1S/C22H23ClN2O/c1-15-7-8-19-18(13-15)21(2,3)22(24-20(26)10-12-25(19)22)11-9-16-5-4-6-17(23)14-16/h4-9,11,13-14H,10,12H2,1-3H3,(H,24,26)/b11-9+. The lowest BCUT2D eigenvalue weighted by atomic mass is 9.74. The predicted molar refractivity (Wildman–Crippen MR) is 108 cm³/mol. The molecule has 1 fully saturated rings. The molecule has 1 unspecified atom stereocenters. The van der Waals surface area contributed by atoms with E-state index in [1.165, 1.54) is 16.8 Å². The zero-order valence-corrected chi connectivity index (χ0v) is 16.1. The molecule has 0 bridgehead atoms. The number of fused-ring (bicyclic) bond motifs is 3. The van der Waals surface area contributed by atoms with Crippen molar-refractivity contribution >= 4 is 29.3 Å². The minimum absolute atomic E-state index is 0.0922. The summed E-state index contributed by atoms with van der Waals surface area (Å²) in [6.45, 7) is 7.24. The molecular formula is C22H23ClN2O. The number of nitrogens with one attached hydrogen (secondary N) is 1. The molecule has 2 aromatic rings. The maximum atomic E-state index is 12.4. The van der Waals surface area contributed by atoms with Crippen molar-refractivity contribution in [3.63, 3.8) is 0 Å². The van der Waals surface area contributed by atoms with Gasteiger partial charge in [0.05, 0.1) is 0 Å². The number of aryl methyl sites for hydroxylation is 1. The first-order chi connectivity index (χ1) is 12.3. The van der Waals surface area contributed by atoms with Crippen LogP contribution in [0.5, 0.6) is 0 Å². The van der Waals surface area contributed by atoms with Crippen LogP contribution in [0.15, 0.2) is 48.5 Å². The Morgan fingerprint density at radius 3 is 2.77 bits per heavy atom. The molecular weight excluding hydrogens is 344 g/mol. The molecule has 0 radical (unpaired) electrons. The number of benzene rings is 2. The second-order valence-corrected chi connectivity index (χ2v) is 8.19. The Labute approximate surface area is 159 Å². The summed E-state index contributed by atoms with van der Waals surface area (Å²) < 4.78 is 0. The van der Waals surface area contributed by atoms with Gasteiger partial charge >= 0.3 is 0 Å². The van der Waals surface area contributed by atoms with E-state index in [0.29, 0.717) is 18.0 Å². The molecule has 26 heavy (non-hydrogen) atoms. The van der Waals surface area contributed by atoms with Gasteiger partial charge in [0.2, 0.25) is 5.91 Å². The van der Waals surface area contributed by atoms with E-state index in [4.69, 9.17) is 11.6 Å². The smallest absolute Gasteiger partial charge is 0.223 e. The minimum Gasteiger partial charge on any atom is -0.344 e. The van der Waals surface area contributed by atoms with Crippen molar-refractivity contribution in [3.8, 4) is 0 Å². The van der Waals surface area contributed by atoms with Crippen LogP contribution in [0.25, 0.3) is 6.08 Å². The number of hydrogen-bond donors (Lipinski definition) is 1. The maximum absolute atomic E-state index is 12.4. The van der Waals surface area contributed by atoms with Crippen molar-refractivity contribution in [2.45, 2.75) is 38.3 Å². The average Bonchev–Trinajstić information content (AvgIpc) is 2.78. The molecule has 0 aromatic heterocycles. The summed E-state index contributed by atoms with van der Waals surface area (Å²) in [5.41, 5.74) is 3.89. The van der Waals surface area contributed by atoms with Crippen LogP contribution < -0.4 is 10.2 Å². The lowest BCUT2D eigenvalue weighted by Crippen LogP contribution is -2.68. The van der Waals surface area contributed by atoms with E-state index in [-0.39, 0.29) is 11.3 Å². The molecule has 1 amide bonds. The highest BCUT2D eigenvalue weighted by atomic mass is 35.5. The lowest BCUT2D eigenvalue weighted by molar-refractivity contribution is -0.124. The molecule has 2 heterocycles. The highest BCUT2D eigenvalue weighted by Crippen LogP contribution is 2.52. The Hall–Kier alpha value is -2.26. The van der Waals surface area contributed by atoms with Gasteiger partial charge in [-0.2, -0.15) is 0 Å². The first-order valence-electron chi connectivity index (χ1n) is 8.98. The molecule has 1 atom stereocenters. The van der Waals surface area contributed by atoms with Gasteiger partial charge in [-0.25, -0.2) is 0 Å². The van der Waals surface area contributed by atoms with Gasteiger partial charge in [0.15, 0.2) is 0 Å². The Kier molecular flexibility index (Phi) is 3.89. The molecule has 1 saturated heterocycles. The fourth-order valence-electron chi connectivity index (χ4n) is 4.29. The van der Waals surface area contributed by atoms with Crippen molar-refractivity contribution in [2.24, 2.45) is 0 Å². The molecule has 4 heteroatoms. The molecule has 0 aliphatic carbocycles. The SMILES string of the molecule is Cc1ccc2c(c1)C(C)(C)C1(/C=C/c3cccc(Cl)c3)NC(=O)CCN21. The minimum atomic E-state index is -0.583. The second-order valence-electron chi connectivity index (χ2n) is 7.75. The number of rotatable bonds is 2. The van der Waals surface area contributed by atoms with Crippen LogP contribution in [-0.4, -0.2) is 18.1 Å². The molecule has 2 aliphatic heterocycles. The van der Waals surface area contributed by atoms with E-state index in [1.807, 2.05) is 24.3 Å². The van der Waals surface area contributed by atoms with Crippen molar-refractivity contribution in [1.82, 2.24) is 5.32 Å². The summed E-state index contributed by atoms with van der Waals surface area (Å²) in [5, 5.41) is 4.01. The van der Waals surface area contributed by atoms with E-state index in [0.717, 1.165) is 5.56 Å². The second kappa shape index (κ2) is 5.88. The van der Waals surface area contributed by atoms with Crippen molar-refractivity contribution in [1.29, 1.82) is 0 Å². The van der Waals surface area contributed by atoms with Crippen molar-refractivity contribution in [3.05, 3.63) is 70.3 Å². The van der Waals surface area contributed by atoms with E-state index < -0.39 is 5.66 Å². The Bertz CT molecular complexity index is 918. The number of anilines is 1. The molecule has 2 aromatic carbocycles. The first kappa shape index (κ1) is 17.2. The van der Waals surface area contributed by atoms with Gasteiger partial charge in [-0.1, -0.05) is 61.4 Å². The molecule has 134 valence electrons. The molecule has 0 saturated carbocycles. The Balaban J connectivity index is 1.86. The van der Waals surface area contributed by atoms with Gasteiger partial charge in [-0.05, 0) is 42.3 Å². The fourth-order valence-corrected chi connectivity index (χ4v) is 4.49.